The summed E-state index contributed by atoms with van der Waals surface area (Å²) < 4.78 is 27.6. The van der Waals surface area contributed by atoms with E-state index in [4.69, 9.17) is 10.8 Å². The van der Waals surface area contributed by atoms with Crippen LogP contribution in [-0.2, 0) is 0 Å². The van der Waals surface area contributed by atoms with Crippen molar-refractivity contribution >= 4 is 0 Å². The summed E-state index contributed by atoms with van der Waals surface area (Å²) in [6.07, 6.45) is 2.84. The fourth-order valence-electron chi connectivity index (χ4n) is 1.57. The summed E-state index contributed by atoms with van der Waals surface area (Å²) in [5.74, 6) is -1.37. The number of rotatable bonds is 3. The number of nitrogens with zero attached hydrogens (tertiary/aromatic N) is 2. The second-order valence-corrected chi connectivity index (χ2v) is 3.61. The SMILES string of the molecule is NC(CO)c1cncn1-c1cc(F)cc(F)c1. The average Bonchev–Trinajstić information content (AvgIpc) is 2.75. The first-order chi connectivity index (χ1) is 8.11. The highest BCUT2D eigenvalue weighted by atomic mass is 19.1. The van der Waals surface area contributed by atoms with Gasteiger partial charge < -0.3 is 15.4 Å². The molecule has 17 heavy (non-hydrogen) atoms. The zero-order valence-electron chi connectivity index (χ0n) is 8.85. The van der Waals surface area contributed by atoms with Crippen molar-refractivity contribution < 1.29 is 13.9 Å². The highest BCUT2D eigenvalue weighted by Gasteiger charge is 2.12. The Morgan fingerprint density at radius 1 is 1.29 bits per heavy atom. The molecule has 0 fully saturated rings. The smallest absolute Gasteiger partial charge is 0.128 e. The molecular formula is C11H11F2N3O. The van der Waals surface area contributed by atoms with Crippen LogP contribution in [0.1, 0.15) is 11.7 Å². The van der Waals surface area contributed by atoms with Gasteiger partial charge in [0.1, 0.15) is 11.6 Å². The minimum absolute atomic E-state index is 0.274. The van der Waals surface area contributed by atoms with Crippen molar-refractivity contribution in [2.75, 3.05) is 6.61 Å². The van der Waals surface area contributed by atoms with E-state index in [0.717, 1.165) is 6.07 Å². The van der Waals surface area contributed by atoms with Gasteiger partial charge in [-0.1, -0.05) is 0 Å². The molecule has 0 saturated carbocycles. The van der Waals surface area contributed by atoms with Crippen LogP contribution in [0.2, 0.25) is 0 Å². The lowest BCUT2D eigenvalue weighted by atomic mass is 10.2. The van der Waals surface area contributed by atoms with Crippen molar-refractivity contribution in [1.82, 2.24) is 9.55 Å². The molecule has 0 aliphatic carbocycles. The summed E-state index contributed by atoms with van der Waals surface area (Å²) in [5.41, 5.74) is 6.42. The Morgan fingerprint density at radius 2 is 1.94 bits per heavy atom. The third kappa shape index (κ3) is 2.32. The van der Waals surface area contributed by atoms with Gasteiger partial charge in [0.25, 0.3) is 0 Å². The van der Waals surface area contributed by atoms with Gasteiger partial charge in [-0.3, -0.25) is 0 Å². The number of hydrogen-bond acceptors (Lipinski definition) is 3. The first-order valence-electron chi connectivity index (χ1n) is 4.97. The van der Waals surface area contributed by atoms with Crippen LogP contribution in [0, 0.1) is 11.6 Å². The van der Waals surface area contributed by atoms with Crippen LogP contribution in [0.15, 0.2) is 30.7 Å². The number of imidazole rings is 1. The lowest BCUT2D eigenvalue weighted by Crippen LogP contribution is -2.18. The molecule has 3 N–H and O–H groups in total. The number of nitrogens with two attached hydrogens (primary N) is 1. The predicted molar refractivity (Wildman–Crippen MR) is 57.5 cm³/mol. The molecule has 90 valence electrons. The summed E-state index contributed by atoms with van der Waals surface area (Å²) in [6.45, 7) is -0.274. The Labute approximate surface area is 96.3 Å². The van der Waals surface area contributed by atoms with Crippen molar-refractivity contribution in [2.24, 2.45) is 5.73 Å². The molecule has 0 radical (unpaired) electrons. The largest absolute Gasteiger partial charge is 0.394 e. The van der Waals surface area contributed by atoms with E-state index >= 15 is 0 Å². The maximum absolute atomic E-state index is 13.1. The Morgan fingerprint density at radius 3 is 2.53 bits per heavy atom. The maximum Gasteiger partial charge on any atom is 0.128 e. The highest BCUT2D eigenvalue weighted by molar-refractivity contribution is 5.35. The van der Waals surface area contributed by atoms with E-state index in [9.17, 15) is 8.78 Å². The molecule has 4 nitrogen and oxygen atoms in total. The molecule has 1 aromatic carbocycles. The quantitative estimate of drug-likeness (QED) is 0.844. The molecule has 0 amide bonds. The number of hydrogen-bond donors (Lipinski definition) is 2. The number of aliphatic hydroxyl groups excluding tert-OH is 1. The average molecular weight is 239 g/mol. The number of aromatic nitrogens is 2. The van der Waals surface area contributed by atoms with Crippen molar-refractivity contribution in [3.05, 3.63) is 48.1 Å². The van der Waals surface area contributed by atoms with E-state index in [0.29, 0.717) is 5.69 Å². The van der Waals surface area contributed by atoms with Crippen molar-refractivity contribution in [3.63, 3.8) is 0 Å². The van der Waals surface area contributed by atoms with Crippen LogP contribution < -0.4 is 5.73 Å². The molecule has 6 heteroatoms. The number of benzene rings is 1. The summed E-state index contributed by atoms with van der Waals surface area (Å²) in [5, 5.41) is 8.97. The molecular weight excluding hydrogens is 228 g/mol. The molecule has 2 rings (SSSR count). The third-order valence-corrected chi connectivity index (χ3v) is 2.37. The van der Waals surface area contributed by atoms with Gasteiger partial charge in [-0.25, -0.2) is 13.8 Å². The fraction of sp³-hybridized carbons (Fsp3) is 0.182. The summed E-state index contributed by atoms with van der Waals surface area (Å²) >= 11 is 0. The summed E-state index contributed by atoms with van der Waals surface area (Å²) in [7, 11) is 0. The second kappa shape index (κ2) is 4.60. The monoisotopic (exact) mass is 239 g/mol. The molecule has 0 aliphatic rings. The van der Waals surface area contributed by atoms with Gasteiger partial charge in [0.05, 0.1) is 36.6 Å². The van der Waals surface area contributed by atoms with Crippen LogP contribution in [0.5, 0.6) is 0 Å². The Hall–Kier alpha value is -1.79. The first-order valence-corrected chi connectivity index (χ1v) is 4.97. The lowest BCUT2D eigenvalue weighted by Gasteiger charge is -2.12. The van der Waals surface area contributed by atoms with Gasteiger partial charge in [-0.05, 0) is 12.1 Å². The number of aliphatic hydroxyl groups is 1. The van der Waals surface area contributed by atoms with Gasteiger partial charge in [0, 0.05) is 6.07 Å². The Bertz CT molecular complexity index is 507. The van der Waals surface area contributed by atoms with Crippen molar-refractivity contribution in [1.29, 1.82) is 0 Å². The van der Waals surface area contributed by atoms with Crippen LogP contribution >= 0.6 is 0 Å². The second-order valence-electron chi connectivity index (χ2n) is 3.61. The van der Waals surface area contributed by atoms with E-state index in [1.54, 1.807) is 0 Å². The van der Waals surface area contributed by atoms with Gasteiger partial charge >= 0.3 is 0 Å². The van der Waals surface area contributed by atoms with Crippen LogP contribution in [0.25, 0.3) is 5.69 Å². The minimum atomic E-state index is -0.683. The third-order valence-electron chi connectivity index (χ3n) is 2.37. The topological polar surface area (TPSA) is 64.1 Å². The van der Waals surface area contributed by atoms with Crippen LogP contribution in [0.4, 0.5) is 8.78 Å². The van der Waals surface area contributed by atoms with Crippen LogP contribution in [-0.4, -0.2) is 21.3 Å². The summed E-state index contributed by atoms with van der Waals surface area (Å²) in [4.78, 5) is 3.85. The molecule has 1 atom stereocenters. The summed E-state index contributed by atoms with van der Waals surface area (Å²) in [6, 6.07) is 2.46. The molecule has 0 aliphatic heterocycles. The maximum atomic E-state index is 13.1. The predicted octanol–water partition coefficient (Wildman–Crippen LogP) is 1.14. The highest BCUT2D eigenvalue weighted by Crippen LogP contribution is 2.18. The van der Waals surface area contributed by atoms with Gasteiger partial charge in [0.2, 0.25) is 0 Å². The first kappa shape index (κ1) is 11.7. The molecule has 1 aromatic heterocycles. The van der Waals surface area contributed by atoms with E-state index in [1.807, 2.05) is 0 Å². The van der Waals surface area contributed by atoms with E-state index in [-0.39, 0.29) is 12.3 Å². The van der Waals surface area contributed by atoms with Crippen LogP contribution in [0.3, 0.4) is 0 Å². The normalized spacial score (nSPS) is 12.7. The van der Waals surface area contributed by atoms with Gasteiger partial charge in [0.15, 0.2) is 0 Å². The molecule has 2 aromatic rings. The Balaban J connectivity index is 2.49. The van der Waals surface area contributed by atoms with Gasteiger partial charge in [-0.2, -0.15) is 0 Å². The molecule has 1 heterocycles. The zero-order valence-corrected chi connectivity index (χ0v) is 8.85. The minimum Gasteiger partial charge on any atom is -0.394 e. The molecule has 1 unspecified atom stereocenters. The molecule has 0 spiro atoms. The standard InChI is InChI=1S/C11H11F2N3O/c12-7-1-8(13)3-9(2-7)16-6-15-4-11(16)10(14)5-17/h1-4,6,10,17H,5,14H2. The van der Waals surface area contributed by atoms with Gasteiger partial charge in [-0.15, -0.1) is 0 Å². The van der Waals surface area contributed by atoms with E-state index < -0.39 is 17.7 Å². The fourth-order valence-corrected chi connectivity index (χ4v) is 1.57. The van der Waals surface area contributed by atoms with E-state index in [2.05, 4.69) is 4.98 Å². The van der Waals surface area contributed by atoms with Crippen molar-refractivity contribution in [2.45, 2.75) is 6.04 Å². The van der Waals surface area contributed by atoms with E-state index in [1.165, 1.54) is 29.2 Å². The number of halogens is 2. The Kier molecular flexibility index (Phi) is 3.16. The lowest BCUT2D eigenvalue weighted by molar-refractivity contribution is 0.265. The molecule has 0 saturated heterocycles. The molecule has 0 bridgehead atoms. The zero-order chi connectivity index (χ0) is 12.4. The van der Waals surface area contributed by atoms with Crippen molar-refractivity contribution in [3.8, 4) is 5.69 Å².